The number of hydrogen-bond donors (Lipinski definition) is 2. The zero-order valence-corrected chi connectivity index (χ0v) is 26.5. The second kappa shape index (κ2) is 13.8. The molecule has 0 aromatic heterocycles. The third-order valence-corrected chi connectivity index (χ3v) is 8.69. The van der Waals surface area contributed by atoms with Crippen LogP contribution >= 0.6 is 0 Å². The van der Waals surface area contributed by atoms with Gasteiger partial charge < -0.3 is 34.8 Å². The van der Waals surface area contributed by atoms with Crippen LogP contribution in [0.15, 0.2) is 48.5 Å². The number of nitrogens with zero attached hydrogens (tertiary/aromatic N) is 3. The van der Waals surface area contributed by atoms with Crippen LogP contribution in [0, 0.1) is 5.92 Å². The lowest BCUT2D eigenvalue weighted by atomic mass is 9.96. The minimum absolute atomic E-state index is 0.0895. The van der Waals surface area contributed by atoms with Crippen LogP contribution in [0.5, 0.6) is 5.75 Å². The summed E-state index contributed by atoms with van der Waals surface area (Å²) in [4.78, 5) is 44.4. The number of ether oxygens (including phenoxy) is 2. The Morgan fingerprint density at radius 1 is 0.818 bits per heavy atom. The Morgan fingerprint density at radius 2 is 1.45 bits per heavy atom. The summed E-state index contributed by atoms with van der Waals surface area (Å²) in [6.45, 7) is 8.15. The van der Waals surface area contributed by atoms with Crippen molar-refractivity contribution in [3.05, 3.63) is 48.5 Å². The van der Waals surface area contributed by atoms with Crippen molar-refractivity contribution < 1.29 is 23.9 Å². The Kier molecular flexibility index (Phi) is 9.86. The van der Waals surface area contributed by atoms with Crippen LogP contribution in [0.4, 0.5) is 26.7 Å². The normalized spacial score (nSPS) is 20.7. The van der Waals surface area contributed by atoms with E-state index in [-0.39, 0.29) is 30.0 Å². The Hall–Kier alpha value is -3.95. The van der Waals surface area contributed by atoms with Gasteiger partial charge >= 0.3 is 12.1 Å². The average Bonchev–Trinajstić information content (AvgIpc) is 3.70. The van der Waals surface area contributed by atoms with Gasteiger partial charge in [0.25, 0.3) is 0 Å². The van der Waals surface area contributed by atoms with Crippen LogP contribution in [-0.4, -0.2) is 78.8 Å². The Bertz CT molecular complexity index is 1290. The van der Waals surface area contributed by atoms with E-state index in [1.54, 1.807) is 4.90 Å². The summed E-state index contributed by atoms with van der Waals surface area (Å²) >= 11 is 0. The van der Waals surface area contributed by atoms with Crippen molar-refractivity contribution in [1.29, 1.82) is 0 Å². The molecule has 2 aromatic carbocycles. The van der Waals surface area contributed by atoms with Crippen molar-refractivity contribution in [1.82, 2.24) is 9.80 Å². The second-order valence-corrected chi connectivity index (χ2v) is 13.3. The number of likely N-dealkylation sites (N-methyl/N-ethyl adjacent to an activating group) is 1. The van der Waals surface area contributed by atoms with Crippen LogP contribution in [0.3, 0.4) is 0 Å². The molecule has 0 spiro atoms. The number of piperidine rings is 1. The highest BCUT2D eigenvalue weighted by Gasteiger charge is 2.36. The first kappa shape index (κ1) is 31.5. The predicted molar refractivity (Wildman–Crippen MR) is 172 cm³/mol. The summed E-state index contributed by atoms with van der Waals surface area (Å²) in [5.74, 6) is 0.707. The summed E-state index contributed by atoms with van der Waals surface area (Å²) in [6, 6.07) is 15.0. The number of rotatable bonds is 7. The minimum atomic E-state index is -0.560. The number of anilines is 3. The lowest BCUT2D eigenvalue weighted by Gasteiger charge is -2.36. The van der Waals surface area contributed by atoms with Crippen molar-refractivity contribution in [3.8, 4) is 5.75 Å². The van der Waals surface area contributed by atoms with E-state index < -0.39 is 5.60 Å². The third kappa shape index (κ3) is 8.36. The summed E-state index contributed by atoms with van der Waals surface area (Å²) < 4.78 is 11.5. The van der Waals surface area contributed by atoms with Gasteiger partial charge in [-0.3, -0.25) is 4.79 Å². The minimum Gasteiger partial charge on any atom is -0.490 e. The van der Waals surface area contributed by atoms with E-state index in [4.69, 9.17) is 9.47 Å². The standard InChI is InChI=1S/C34H47N5O5/c1-34(2,3)44-33(42)39-20-7-8-24(22-39)31(40)37(4)28-19-21-38(23-28)27-15-11-25(12-16-27)35-32(41)36-26-13-17-30(18-14-26)43-29-9-5-6-10-29/h11-18,24,28-29H,5-10,19-23H2,1-4H3,(H2,35,36,41). The largest absolute Gasteiger partial charge is 0.490 e. The van der Waals surface area contributed by atoms with Crippen molar-refractivity contribution in [2.75, 3.05) is 48.8 Å². The number of urea groups is 1. The lowest BCUT2D eigenvalue weighted by Crippen LogP contribution is -2.49. The van der Waals surface area contributed by atoms with E-state index in [2.05, 4.69) is 15.5 Å². The van der Waals surface area contributed by atoms with Gasteiger partial charge in [-0.05, 0) is 114 Å². The molecule has 3 fully saturated rings. The SMILES string of the molecule is CN(C(=O)C1CCCN(C(=O)OC(C)(C)C)C1)C1CCN(c2ccc(NC(=O)Nc3ccc(OC4CCCC4)cc3)cc2)C1. The molecule has 2 saturated heterocycles. The summed E-state index contributed by atoms with van der Waals surface area (Å²) in [6.07, 6.45) is 7.05. The molecule has 10 heteroatoms. The molecule has 238 valence electrons. The first-order valence-corrected chi connectivity index (χ1v) is 16.0. The molecule has 10 nitrogen and oxygen atoms in total. The van der Waals surface area contributed by atoms with Crippen LogP contribution in [-0.2, 0) is 9.53 Å². The molecule has 4 amide bonds. The molecule has 5 rings (SSSR count). The molecule has 2 aliphatic heterocycles. The fourth-order valence-electron chi connectivity index (χ4n) is 6.30. The van der Waals surface area contributed by atoms with Gasteiger partial charge in [-0.25, -0.2) is 9.59 Å². The molecule has 2 N–H and O–H groups in total. The van der Waals surface area contributed by atoms with Gasteiger partial charge in [0, 0.05) is 50.3 Å². The number of likely N-dealkylation sites (tertiary alicyclic amines) is 1. The number of amides is 4. The number of benzene rings is 2. The van der Waals surface area contributed by atoms with Crippen LogP contribution in [0.2, 0.25) is 0 Å². The van der Waals surface area contributed by atoms with Gasteiger partial charge in [0.1, 0.15) is 11.4 Å². The fraction of sp³-hybridized carbons (Fsp3) is 0.559. The van der Waals surface area contributed by atoms with Crippen molar-refractivity contribution in [2.45, 2.75) is 83.5 Å². The van der Waals surface area contributed by atoms with Gasteiger partial charge in [0.05, 0.1) is 18.1 Å². The van der Waals surface area contributed by atoms with Crippen LogP contribution in [0.1, 0.15) is 65.7 Å². The molecule has 3 aliphatic rings. The molecule has 2 heterocycles. The maximum atomic E-state index is 13.4. The van der Waals surface area contributed by atoms with Crippen molar-refractivity contribution in [3.63, 3.8) is 0 Å². The van der Waals surface area contributed by atoms with Gasteiger partial charge in [0.2, 0.25) is 5.91 Å². The van der Waals surface area contributed by atoms with Crippen molar-refractivity contribution in [2.24, 2.45) is 5.92 Å². The van der Waals surface area contributed by atoms with E-state index in [9.17, 15) is 14.4 Å². The van der Waals surface area contributed by atoms with Gasteiger partial charge in [-0.15, -0.1) is 0 Å². The summed E-state index contributed by atoms with van der Waals surface area (Å²) in [5, 5.41) is 5.77. The first-order chi connectivity index (χ1) is 21.0. The second-order valence-electron chi connectivity index (χ2n) is 13.3. The molecule has 2 unspecified atom stereocenters. The highest BCUT2D eigenvalue weighted by atomic mass is 16.6. The Balaban J connectivity index is 1.07. The Labute approximate surface area is 261 Å². The monoisotopic (exact) mass is 605 g/mol. The molecule has 44 heavy (non-hydrogen) atoms. The molecular weight excluding hydrogens is 558 g/mol. The van der Waals surface area contributed by atoms with Crippen LogP contribution in [0.25, 0.3) is 0 Å². The fourth-order valence-corrected chi connectivity index (χ4v) is 6.30. The molecule has 1 saturated carbocycles. The number of carbonyl (C=O) groups excluding carboxylic acids is 3. The molecule has 1 aliphatic carbocycles. The van der Waals surface area contributed by atoms with Gasteiger partial charge in [-0.1, -0.05) is 0 Å². The molecular formula is C34H47N5O5. The molecule has 0 bridgehead atoms. The number of nitrogens with one attached hydrogen (secondary N) is 2. The lowest BCUT2D eigenvalue weighted by molar-refractivity contribution is -0.137. The van der Waals surface area contributed by atoms with Crippen molar-refractivity contribution >= 4 is 35.1 Å². The summed E-state index contributed by atoms with van der Waals surface area (Å²) in [7, 11) is 1.88. The van der Waals surface area contributed by atoms with Gasteiger partial charge in [0.15, 0.2) is 0 Å². The first-order valence-electron chi connectivity index (χ1n) is 16.0. The molecule has 2 atom stereocenters. The zero-order chi connectivity index (χ0) is 31.3. The highest BCUT2D eigenvalue weighted by molar-refractivity contribution is 5.99. The van der Waals surface area contributed by atoms with E-state index >= 15 is 0 Å². The number of hydrogen-bond acceptors (Lipinski definition) is 6. The molecule has 0 radical (unpaired) electrons. The number of carbonyl (C=O) groups is 3. The average molecular weight is 606 g/mol. The maximum absolute atomic E-state index is 13.4. The van der Waals surface area contributed by atoms with Crippen LogP contribution < -0.4 is 20.3 Å². The molecule has 2 aromatic rings. The zero-order valence-electron chi connectivity index (χ0n) is 26.5. The maximum Gasteiger partial charge on any atom is 0.410 e. The van der Waals surface area contributed by atoms with Gasteiger partial charge in [-0.2, -0.15) is 0 Å². The van der Waals surface area contributed by atoms with E-state index in [1.807, 2.05) is 81.2 Å². The summed E-state index contributed by atoms with van der Waals surface area (Å²) in [5.41, 5.74) is 1.88. The topological polar surface area (TPSA) is 103 Å². The highest BCUT2D eigenvalue weighted by Crippen LogP contribution is 2.28. The van der Waals surface area contributed by atoms with E-state index in [0.29, 0.717) is 30.6 Å². The van der Waals surface area contributed by atoms with E-state index in [1.165, 1.54) is 12.8 Å². The predicted octanol–water partition coefficient (Wildman–Crippen LogP) is 6.34. The smallest absolute Gasteiger partial charge is 0.410 e. The third-order valence-electron chi connectivity index (χ3n) is 8.69. The van der Waals surface area contributed by atoms with E-state index in [0.717, 1.165) is 56.6 Å². The Morgan fingerprint density at radius 3 is 2.09 bits per heavy atom. The quantitative estimate of drug-likeness (QED) is 0.382.